The van der Waals surface area contributed by atoms with E-state index in [1.54, 1.807) is 7.11 Å². The van der Waals surface area contributed by atoms with Crippen molar-refractivity contribution in [3.63, 3.8) is 0 Å². The van der Waals surface area contributed by atoms with Gasteiger partial charge in [0.2, 0.25) is 11.9 Å². The normalized spacial score (nSPS) is 16.9. The number of carbonyl (C=O) groups is 1. The molecule has 0 saturated carbocycles. The summed E-state index contributed by atoms with van der Waals surface area (Å²) in [5.74, 6) is 1.07. The fraction of sp³-hybridized carbons (Fsp3) is 0.263. The molecule has 1 fully saturated rings. The van der Waals surface area contributed by atoms with Crippen molar-refractivity contribution in [2.24, 2.45) is 5.92 Å². The first-order chi connectivity index (χ1) is 12.3. The molecule has 6 nitrogen and oxygen atoms in total. The van der Waals surface area contributed by atoms with Gasteiger partial charge in [0.05, 0.1) is 36.4 Å². The molecule has 3 aromatic rings. The van der Waals surface area contributed by atoms with Crippen molar-refractivity contribution in [2.75, 3.05) is 25.6 Å². The number of imidazole rings is 1. The fourth-order valence-electron chi connectivity index (χ4n) is 3.07. The molecule has 0 radical (unpaired) electrons. The molecular weight excluding hydrogens is 318 g/mol. The standard InChI is InChI=1S/C19H19N3O3/c1-24-15-6-4-5-14(11-15)22-17-8-3-2-7-16(17)20-19(22)21-18(23)13-9-10-25-12-13/h2-8,11,13H,9-10,12H2,1H3,(H,20,21,23). The Morgan fingerprint density at radius 1 is 1.28 bits per heavy atom. The van der Waals surface area contributed by atoms with Gasteiger partial charge in [-0.15, -0.1) is 0 Å². The van der Waals surface area contributed by atoms with E-state index in [2.05, 4.69) is 10.3 Å². The van der Waals surface area contributed by atoms with Gasteiger partial charge in [0.15, 0.2) is 0 Å². The maximum Gasteiger partial charge on any atom is 0.232 e. The molecule has 0 aliphatic carbocycles. The molecule has 1 atom stereocenters. The zero-order chi connectivity index (χ0) is 17.2. The number of ether oxygens (including phenoxy) is 2. The third-order valence-corrected chi connectivity index (χ3v) is 4.41. The second-order valence-corrected chi connectivity index (χ2v) is 6.01. The van der Waals surface area contributed by atoms with Crippen LogP contribution in [0.2, 0.25) is 0 Å². The highest BCUT2D eigenvalue weighted by molar-refractivity contribution is 5.94. The zero-order valence-corrected chi connectivity index (χ0v) is 13.9. The van der Waals surface area contributed by atoms with Gasteiger partial charge in [-0.05, 0) is 30.7 Å². The van der Waals surface area contributed by atoms with Crippen LogP contribution < -0.4 is 10.1 Å². The predicted molar refractivity (Wildman–Crippen MR) is 95.2 cm³/mol. The Balaban J connectivity index is 1.79. The highest BCUT2D eigenvalue weighted by Gasteiger charge is 2.25. The number of fused-ring (bicyclic) bond motifs is 1. The Morgan fingerprint density at radius 3 is 2.96 bits per heavy atom. The quantitative estimate of drug-likeness (QED) is 0.795. The van der Waals surface area contributed by atoms with Gasteiger partial charge >= 0.3 is 0 Å². The molecule has 0 bridgehead atoms. The van der Waals surface area contributed by atoms with Crippen LogP contribution in [0.1, 0.15) is 6.42 Å². The summed E-state index contributed by atoms with van der Waals surface area (Å²) in [6.45, 7) is 1.09. The molecule has 2 aromatic carbocycles. The van der Waals surface area contributed by atoms with Gasteiger partial charge in [-0.3, -0.25) is 14.7 Å². The number of hydrogen-bond acceptors (Lipinski definition) is 4. The number of hydrogen-bond donors (Lipinski definition) is 1. The molecule has 4 rings (SSSR count). The van der Waals surface area contributed by atoms with Crippen molar-refractivity contribution in [1.29, 1.82) is 0 Å². The van der Waals surface area contributed by atoms with Gasteiger partial charge in [0, 0.05) is 12.7 Å². The first-order valence-electron chi connectivity index (χ1n) is 8.27. The van der Waals surface area contributed by atoms with Crippen LogP contribution in [0.4, 0.5) is 5.95 Å². The molecule has 1 aliphatic heterocycles. The van der Waals surface area contributed by atoms with E-state index in [4.69, 9.17) is 9.47 Å². The summed E-state index contributed by atoms with van der Waals surface area (Å²) >= 11 is 0. The third-order valence-electron chi connectivity index (χ3n) is 4.41. The summed E-state index contributed by atoms with van der Waals surface area (Å²) in [4.78, 5) is 17.1. The third kappa shape index (κ3) is 2.96. The molecule has 1 aliphatic rings. The number of rotatable bonds is 4. The van der Waals surface area contributed by atoms with Crippen molar-refractivity contribution < 1.29 is 14.3 Å². The van der Waals surface area contributed by atoms with Crippen molar-refractivity contribution in [3.8, 4) is 11.4 Å². The van der Waals surface area contributed by atoms with Crippen molar-refractivity contribution in [3.05, 3.63) is 48.5 Å². The Bertz CT molecular complexity index is 913. The largest absolute Gasteiger partial charge is 0.497 e. The molecule has 25 heavy (non-hydrogen) atoms. The minimum absolute atomic E-state index is 0.0584. The van der Waals surface area contributed by atoms with E-state index in [1.165, 1.54) is 0 Å². The van der Waals surface area contributed by atoms with Crippen LogP contribution in [0, 0.1) is 5.92 Å². The first kappa shape index (κ1) is 15.7. The second kappa shape index (κ2) is 6.57. The van der Waals surface area contributed by atoms with Crippen LogP contribution in [0.3, 0.4) is 0 Å². The number of nitrogens with one attached hydrogen (secondary N) is 1. The number of amides is 1. The number of carbonyl (C=O) groups excluding carboxylic acids is 1. The van der Waals surface area contributed by atoms with Crippen molar-refractivity contribution in [1.82, 2.24) is 9.55 Å². The average Bonchev–Trinajstić information content (AvgIpc) is 3.29. The Hall–Kier alpha value is -2.86. The minimum Gasteiger partial charge on any atom is -0.497 e. The lowest BCUT2D eigenvalue weighted by Crippen LogP contribution is -2.24. The van der Waals surface area contributed by atoms with Crippen molar-refractivity contribution >= 4 is 22.9 Å². The molecule has 1 amide bonds. The van der Waals surface area contributed by atoms with Crippen LogP contribution in [0.15, 0.2) is 48.5 Å². The summed E-state index contributed by atoms with van der Waals surface area (Å²) in [5.41, 5.74) is 2.63. The maximum absolute atomic E-state index is 12.5. The summed E-state index contributed by atoms with van der Waals surface area (Å²) in [6, 6.07) is 15.5. The number of nitrogens with zero attached hydrogens (tertiary/aromatic N) is 2. The number of para-hydroxylation sites is 2. The SMILES string of the molecule is COc1cccc(-n2c(NC(=O)C3CCOC3)nc3ccccc32)c1. The monoisotopic (exact) mass is 337 g/mol. The lowest BCUT2D eigenvalue weighted by atomic mass is 10.1. The summed E-state index contributed by atoms with van der Waals surface area (Å²) in [6.07, 6.45) is 0.741. The van der Waals surface area contributed by atoms with E-state index in [0.717, 1.165) is 28.9 Å². The van der Waals surface area contributed by atoms with Crippen LogP contribution in [0.25, 0.3) is 16.7 Å². The Labute approximate surface area is 145 Å². The molecule has 128 valence electrons. The number of anilines is 1. The smallest absolute Gasteiger partial charge is 0.232 e. The van der Waals surface area contributed by atoms with Gasteiger partial charge in [0.1, 0.15) is 5.75 Å². The first-order valence-corrected chi connectivity index (χ1v) is 8.27. The Kier molecular flexibility index (Phi) is 4.11. The van der Waals surface area contributed by atoms with Gasteiger partial charge in [-0.1, -0.05) is 18.2 Å². The Morgan fingerprint density at radius 2 is 2.16 bits per heavy atom. The van der Waals surface area contributed by atoms with E-state index in [9.17, 15) is 4.79 Å². The highest BCUT2D eigenvalue weighted by atomic mass is 16.5. The van der Waals surface area contributed by atoms with Gasteiger partial charge in [-0.25, -0.2) is 4.98 Å². The van der Waals surface area contributed by atoms with Gasteiger partial charge in [-0.2, -0.15) is 0 Å². The molecule has 1 aromatic heterocycles. The molecule has 2 heterocycles. The predicted octanol–water partition coefficient (Wildman–Crippen LogP) is 3.01. The molecule has 1 unspecified atom stereocenters. The zero-order valence-electron chi connectivity index (χ0n) is 13.9. The van der Waals surface area contributed by atoms with E-state index < -0.39 is 0 Å². The summed E-state index contributed by atoms with van der Waals surface area (Å²) in [7, 11) is 1.63. The number of benzene rings is 2. The maximum atomic E-state index is 12.5. The number of methoxy groups -OCH3 is 1. The summed E-state index contributed by atoms with van der Waals surface area (Å²) < 4.78 is 12.6. The van der Waals surface area contributed by atoms with E-state index in [1.807, 2.05) is 53.1 Å². The van der Waals surface area contributed by atoms with E-state index in [0.29, 0.717) is 19.2 Å². The van der Waals surface area contributed by atoms with Crippen LogP contribution in [0.5, 0.6) is 5.75 Å². The molecule has 6 heteroatoms. The van der Waals surface area contributed by atoms with E-state index >= 15 is 0 Å². The molecule has 1 N–H and O–H groups in total. The molecular formula is C19H19N3O3. The van der Waals surface area contributed by atoms with Crippen molar-refractivity contribution in [2.45, 2.75) is 6.42 Å². The van der Waals surface area contributed by atoms with Crippen LogP contribution in [-0.4, -0.2) is 35.8 Å². The second-order valence-electron chi connectivity index (χ2n) is 6.01. The summed E-state index contributed by atoms with van der Waals surface area (Å²) in [5, 5.41) is 2.97. The minimum atomic E-state index is -0.126. The lowest BCUT2D eigenvalue weighted by molar-refractivity contribution is -0.119. The lowest BCUT2D eigenvalue weighted by Gasteiger charge is -2.13. The average molecular weight is 337 g/mol. The highest BCUT2D eigenvalue weighted by Crippen LogP contribution is 2.27. The fourth-order valence-corrected chi connectivity index (χ4v) is 3.07. The van der Waals surface area contributed by atoms with Crippen LogP contribution >= 0.6 is 0 Å². The number of aromatic nitrogens is 2. The molecule has 1 saturated heterocycles. The van der Waals surface area contributed by atoms with E-state index in [-0.39, 0.29) is 11.8 Å². The van der Waals surface area contributed by atoms with Gasteiger partial charge < -0.3 is 9.47 Å². The van der Waals surface area contributed by atoms with Crippen LogP contribution in [-0.2, 0) is 9.53 Å². The topological polar surface area (TPSA) is 65.4 Å². The molecule has 0 spiro atoms. The van der Waals surface area contributed by atoms with Gasteiger partial charge in [0.25, 0.3) is 0 Å².